The van der Waals surface area contributed by atoms with Crippen molar-refractivity contribution in [3.63, 3.8) is 0 Å². The molecule has 21 nitrogen and oxygen atoms in total. The van der Waals surface area contributed by atoms with Crippen molar-refractivity contribution in [3.8, 4) is 0 Å². The third kappa shape index (κ3) is 19.7. The molecule has 0 rings (SSSR count). The first kappa shape index (κ1) is 55.7. The summed E-state index contributed by atoms with van der Waals surface area (Å²) in [5, 5.41) is 29.3. The molecule has 0 aliphatic rings. The van der Waals surface area contributed by atoms with E-state index in [4.69, 9.17) is 11.5 Å². The minimum Gasteiger partial charge on any atom is -0.480 e. The Labute approximate surface area is 358 Å². The highest BCUT2D eigenvalue weighted by Gasteiger charge is 2.35. The molecule has 0 aromatic rings. The Bertz CT molecular complexity index is 1560. The number of amides is 9. The van der Waals surface area contributed by atoms with Gasteiger partial charge >= 0.3 is 5.97 Å². The number of carboxylic acid groups (broad SMARTS) is 1. The third-order valence-corrected chi connectivity index (χ3v) is 10.2. The van der Waals surface area contributed by atoms with Crippen molar-refractivity contribution in [1.29, 1.82) is 0 Å². The van der Waals surface area contributed by atoms with Gasteiger partial charge in [-0.15, -0.1) is 0 Å². The summed E-state index contributed by atoms with van der Waals surface area (Å²) in [4.78, 5) is 128. The molecule has 10 unspecified atom stereocenters. The second-order valence-electron chi connectivity index (χ2n) is 16.7. The minimum atomic E-state index is -1.59. The maximum atomic E-state index is 13.6. The van der Waals surface area contributed by atoms with Crippen molar-refractivity contribution >= 4 is 59.1 Å². The first-order valence-corrected chi connectivity index (χ1v) is 20.8. The number of carbonyl (C=O) groups is 10. The van der Waals surface area contributed by atoms with Gasteiger partial charge in [0.1, 0.15) is 42.3 Å². The zero-order chi connectivity index (χ0) is 47.5. The number of hydrogen-bond donors (Lipinski definition) is 11. The fourth-order valence-electron chi connectivity index (χ4n) is 5.73. The lowest BCUT2D eigenvalue weighted by Crippen LogP contribution is -2.60. The van der Waals surface area contributed by atoms with Gasteiger partial charge in [-0.05, 0) is 49.9 Å². The number of aliphatic carboxylic acids is 1. The summed E-state index contributed by atoms with van der Waals surface area (Å²) in [5.41, 5.74) is 11.3. The molecule has 0 radical (unpaired) electrons. The Morgan fingerprint density at radius 3 is 1.43 bits per heavy atom. The van der Waals surface area contributed by atoms with Crippen molar-refractivity contribution in [1.82, 2.24) is 42.5 Å². The Morgan fingerprint density at radius 1 is 0.508 bits per heavy atom. The van der Waals surface area contributed by atoms with E-state index in [1.54, 1.807) is 41.5 Å². The summed E-state index contributed by atoms with van der Waals surface area (Å²) in [6.07, 6.45) is 0.607. The monoisotopic (exact) mass is 869 g/mol. The molecule has 0 saturated carbocycles. The second-order valence-corrected chi connectivity index (χ2v) is 16.7. The maximum Gasteiger partial charge on any atom is 0.326 e. The molecular formula is C40H72N10O11. The molecule has 61 heavy (non-hydrogen) atoms. The topological polar surface area (TPSA) is 339 Å². The maximum absolute atomic E-state index is 13.6. The lowest BCUT2D eigenvalue weighted by Gasteiger charge is -2.28. The van der Waals surface area contributed by atoms with E-state index in [2.05, 4.69) is 42.5 Å². The van der Waals surface area contributed by atoms with E-state index < -0.39 is 138 Å². The van der Waals surface area contributed by atoms with Crippen LogP contribution in [-0.4, -0.2) is 119 Å². The number of rotatable bonds is 27. The van der Waals surface area contributed by atoms with Crippen LogP contribution in [0.1, 0.15) is 109 Å². The van der Waals surface area contributed by atoms with Gasteiger partial charge in [-0.25, -0.2) is 4.79 Å². The quantitative estimate of drug-likeness (QED) is 0.0439. The van der Waals surface area contributed by atoms with Crippen LogP contribution in [0.2, 0.25) is 0 Å². The number of carbonyl (C=O) groups excluding carboxylic acids is 9. The molecule has 10 atom stereocenters. The van der Waals surface area contributed by atoms with Crippen molar-refractivity contribution in [2.45, 2.75) is 157 Å². The number of nitrogens with one attached hydrogen (secondary N) is 8. The van der Waals surface area contributed by atoms with Crippen molar-refractivity contribution in [3.05, 3.63) is 0 Å². The van der Waals surface area contributed by atoms with Crippen LogP contribution >= 0.6 is 0 Å². The highest BCUT2D eigenvalue weighted by Crippen LogP contribution is 2.12. The molecule has 0 bridgehead atoms. The van der Waals surface area contributed by atoms with Crippen molar-refractivity contribution < 1.29 is 53.1 Å². The Balaban J connectivity index is 5.73. The minimum absolute atomic E-state index is 0.0643. The molecule has 348 valence electrons. The van der Waals surface area contributed by atoms with Crippen molar-refractivity contribution in [2.75, 3.05) is 6.54 Å². The van der Waals surface area contributed by atoms with Gasteiger partial charge in [-0.1, -0.05) is 82.1 Å². The van der Waals surface area contributed by atoms with Crippen LogP contribution in [0.3, 0.4) is 0 Å². The van der Waals surface area contributed by atoms with Crippen LogP contribution < -0.4 is 54.0 Å². The summed E-state index contributed by atoms with van der Waals surface area (Å²) in [6, 6.07) is -9.49. The zero-order valence-electron chi connectivity index (χ0n) is 37.7. The lowest BCUT2D eigenvalue weighted by molar-refractivity contribution is -0.144. The Hall–Kier alpha value is -5.34. The van der Waals surface area contributed by atoms with Gasteiger partial charge < -0.3 is 59.1 Å². The van der Waals surface area contributed by atoms with E-state index in [0.717, 1.165) is 0 Å². The summed E-state index contributed by atoms with van der Waals surface area (Å²) in [5.74, 6) is -9.97. The molecule has 0 fully saturated rings. The second kappa shape index (κ2) is 26.8. The highest BCUT2D eigenvalue weighted by molar-refractivity contribution is 5.98. The Morgan fingerprint density at radius 2 is 0.967 bits per heavy atom. The molecule has 0 heterocycles. The van der Waals surface area contributed by atoms with Crippen molar-refractivity contribution in [2.24, 2.45) is 41.1 Å². The summed E-state index contributed by atoms with van der Waals surface area (Å²) in [7, 11) is 0. The van der Waals surface area contributed by atoms with E-state index in [-0.39, 0.29) is 18.3 Å². The summed E-state index contributed by atoms with van der Waals surface area (Å²) >= 11 is 0. The average Bonchev–Trinajstić information content (AvgIpc) is 3.17. The third-order valence-electron chi connectivity index (χ3n) is 10.2. The predicted molar refractivity (Wildman–Crippen MR) is 225 cm³/mol. The van der Waals surface area contributed by atoms with Gasteiger partial charge in [0.2, 0.25) is 53.2 Å². The number of carboxylic acids is 1. The van der Waals surface area contributed by atoms with E-state index in [1.165, 1.54) is 13.8 Å². The molecule has 0 aromatic heterocycles. The first-order chi connectivity index (χ1) is 28.2. The van der Waals surface area contributed by atoms with Crippen LogP contribution in [0.5, 0.6) is 0 Å². The van der Waals surface area contributed by atoms with E-state index >= 15 is 0 Å². The lowest BCUT2D eigenvalue weighted by atomic mass is 9.96. The molecule has 9 amide bonds. The summed E-state index contributed by atoms with van der Waals surface area (Å²) in [6.45, 7) is 19.3. The van der Waals surface area contributed by atoms with Gasteiger partial charge in [0.15, 0.2) is 0 Å². The fourth-order valence-corrected chi connectivity index (χ4v) is 5.73. The van der Waals surface area contributed by atoms with Gasteiger partial charge in [0.25, 0.3) is 0 Å². The van der Waals surface area contributed by atoms with Crippen LogP contribution in [-0.2, 0) is 47.9 Å². The summed E-state index contributed by atoms with van der Waals surface area (Å²) < 4.78 is 0. The molecule has 0 spiro atoms. The van der Waals surface area contributed by atoms with Gasteiger partial charge in [0.05, 0.1) is 19.0 Å². The van der Waals surface area contributed by atoms with E-state index in [1.807, 2.05) is 27.7 Å². The number of primary amides is 1. The largest absolute Gasteiger partial charge is 0.480 e. The number of hydrogen-bond acceptors (Lipinski definition) is 11. The van der Waals surface area contributed by atoms with Gasteiger partial charge in [0, 0.05) is 0 Å². The standard InChI is InChI=1S/C40H72N10O11/c1-13-21(9)29(42)37(57)45-24(12)34(54)46-25(15-18(3)4)35(55)50-32(22(10)14-2)38(58)43-17-28(52)44-23(11)33(53)47-26(16-27(41)51)36(56)48-30(19(5)6)39(59)49-31(20(7)8)40(60)61/h18-26,29-32H,13-17,42H2,1-12H3,(H2,41,51)(H,43,58)(H,44,52)(H,45,57)(H,46,54)(H,47,53)(H,48,56)(H,49,59)(H,50,55)(H,60,61). The molecule has 0 saturated heterocycles. The van der Waals surface area contributed by atoms with Crippen LogP contribution in [0.15, 0.2) is 0 Å². The van der Waals surface area contributed by atoms with E-state index in [9.17, 15) is 53.1 Å². The molecule has 0 aliphatic carbocycles. The zero-order valence-corrected chi connectivity index (χ0v) is 37.7. The molecule has 0 aromatic carbocycles. The van der Waals surface area contributed by atoms with Crippen LogP contribution in [0, 0.1) is 29.6 Å². The normalized spacial score (nSPS) is 16.2. The molecular weight excluding hydrogens is 796 g/mol. The van der Waals surface area contributed by atoms with E-state index in [0.29, 0.717) is 12.8 Å². The molecule has 13 N–H and O–H groups in total. The van der Waals surface area contributed by atoms with Gasteiger partial charge in [-0.3, -0.25) is 43.2 Å². The average molecular weight is 869 g/mol. The predicted octanol–water partition coefficient (Wildman–Crippen LogP) is -1.73. The molecule has 21 heteroatoms. The van der Waals surface area contributed by atoms with Crippen LogP contribution in [0.25, 0.3) is 0 Å². The first-order valence-electron chi connectivity index (χ1n) is 20.8. The fraction of sp³-hybridized carbons (Fsp3) is 0.750. The highest BCUT2D eigenvalue weighted by atomic mass is 16.4. The smallest absolute Gasteiger partial charge is 0.326 e. The van der Waals surface area contributed by atoms with Gasteiger partial charge in [-0.2, -0.15) is 0 Å². The SMILES string of the molecule is CCC(C)C(N)C(=O)NC(C)C(=O)NC(CC(C)C)C(=O)NC(C(=O)NCC(=O)NC(C)C(=O)NC(CC(N)=O)C(=O)NC(C(=O)NC(C(=O)O)C(C)C)C(C)C)C(C)CC. The molecule has 0 aliphatic heterocycles. The number of nitrogens with two attached hydrogens (primary N) is 2. The van der Waals surface area contributed by atoms with Crippen LogP contribution in [0.4, 0.5) is 0 Å². The Kier molecular flexibility index (Phi) is 24.4.